The Labute approximate surface area is 140 Å². The van der Waals surface area contributed by atoms with E-state index in [9.17, 15) is 0 Å². The van der Waals surface area contributed by atoms with Crippen molar-refractivity contribution in [3.05, 3.63) is 54.1 Å². The largest absolute Gasteiger partial charge is 0.300 e. The Morgan fingerprint density at radius 1 is 0.957 bits per heavy atom. The minimum atomic E-state index is 0.774. The topological polar surface area (TPSA) is 3.24 Å². The van der Waals surface area contributed by atoms with E-state index in [4.69, 9.17) is 0 Å². The van der Waals surface area contributed by atoms with Gasteiger partial charge in [-0.15, -0.1) is 0 Å². The molecule has 2 aromatic rings. The molecule has 1 unspecified atom stereocenters. The Bertz CT molecular complexity index is 678. The number of rotatable bonds is 5. The van der Waals surface area contributed by atoms with Crippen LogP contribution in [0.3, 0.4) is 0 Å². The van der Waals surface area contributed by atoms with Crippen molar-refractivity contribution >= 4 is 16.8 Å². The van der Waals surface area contributed by atoms with Gasteiger partial charge in [0.25, 0.3) is 0 Å². The summed E-state index contributed by atoms with van der Waals surface area (Å²) in [7, 11) is 0. The lowest BCUT2D eigenvalue weighted by atomic mass is 9.97. The van der Waals surface area contributed by atoms with E-state index in [-0.39, 0.29) is 0 Å². The molecule has 0 amide bonds. The van der Waals surface area contributed by atoms with Crippen molar-refractivity contribution in [3.8, 4) is 0 Å². The predicted octanol–water partition coefficient (Wildman–Crippen LogP) is 5.51. The third-order valence-corrected chi connectivity index (χ3v) is 5.47. The summed E-state index contributed by atoms with van der Waals surface area (Å²) < 4.78 is 0. The molecule has 0 N–H and O–H groups in total. The lowest BCUT2D eigenvalue weighted by molar-refractivity contribution is 0.143. The fourth-order valence-corrected chi connectivity index (χ4v) is 3.95. The molecule has 0 aromatic heterocycles. The monoisotopic (exact) mass is 305 g/mol. The maximum absolute atomic E-state index is 2.77. The minimum absolute atomic E-state index is 0.774. The van der Waals surface area contributed by atoms with Crippen molar-refractivity contribution in [3.63, 3.8) is 0 Å². The summed E-state index contributed by atoms with van der Waals surface area (Å²) >= 11 is 0. The van der Waals surface area contributed by atoms with Crippen molar-refractivity contribution in [2.75, 3.05) is 13.1 Å². The number of likely N-dealkylation sites (tertiary alicyclic amines) is 1. The van der Waals surface area contributed by atoms with Crippen molar-refractivity contribution < 1.29 is 0 Å². The number of fused-ring (bicyclic) bond motifs is 1. The zero-order valence-electron chi connectivity index (χ0n) is 14.0. The molecule has 0 radical (unpaired) electrons. The molecule has 120 valence electrons. The van der Waals surface area contributed by atoms with Crippen LogP contribution in [0, 0.1) is 5.92 Å². The number of piperidine rings is 1. The highest BCUT2D eigenvalue weighted by Crippen LogP contribution is 2.32. The zero-order chi connectivity index (χ0) is 15.5. The average Bonchev–Trinajstić information content (AvgIpc) is 3.41. The van der Waals surface area contributed by atoms with Gasteiger partial charge in [0.15, 0.2) is 0 Å². The molecule has 2 aliphatic rings. The first kappa shape index (κ1) is 15.0. The molecule has 1 heteroatoms. The average molecular weight is 305 g/mol. The molecular formula is C22H27N. The van der Waals surface area contributed by atoms with Crippen LogP contribution in [0.25, 0.3) is 16.8 Å². The lowest BCUT2D eigenvalue weighted by Gasteiger charge is -2.35. The smallest absolute Gasteiger partial charge is 0.0130 e. The molecule has 4 rings (SSSR count). The summed E-state index contributed by atoms with van der Waals surface area (Å²) in [5, 5.41) is 2.70. The quantitative estimate of drug-likeness (QED) is 0.704. The molecule has 1 aliphatic heterocycles. The molecule has 1 saturated heterocycles. The normalized spacial score (nSPS) is 22.9. The van der Waals surface area contributed by atoms with Crippen LogP contribution in [0.5, 0.6) is 0 Å². The highest BCUT2D eigenvalue weighted by Gasteiger charge is 2.28. The summed E-state index contributed by atoms with van der Waals surface area (Å²) in [6.07, 6.45) is 13.1. The lowest BCUT2D eigenvalue weighted by Crippen LogP contribution is -2.40. The first-order valence-corrected chi connectivity index (χ1v) is 9.28. The van der Waals surface area contributed by atoms with Gasteiger partial charge in [-0.2, -0.15) is 0 Å². The highest BCUT2D eigenvalue weighted by molar-refractivity contribution is 5.90. The van der Waals surface area contributed by atoms with Gasteiger partial charge in [-0.3, -0.25) is 4.90 Å². The second-order valence-corrected chi connectivity index (χ2v) is 7.29. The Morgan fingerprint density at radius 3 is 2.74 bits per heavy atom. The van der Waals surface area contributed by atoms with E-state index in [0.29, 0.717) is 0 Å². The summed E-state index contributed by atoms with van der Waals surface area (Å²) in [5.74, 6) is 1.01. The number of benzene rings is 2. The van der Waals surface area contributed by atoms with Crippen LogP contribution in [0.2, 0.25) is 0 Å². The maximum Gasteiger partial charge on any atom is 0.0130 e. The van der Waals surface area contributed by atoms with Gasteiger partial charge in [0.1, 0.15) is 0 Å². The Balaban J connectivity index is 1.45. The van der Waals surface area contributed by atoms with Crippen LogP contribution in [0.1, 0.15) is 44.1 Å². The van der Waals surface area contributed by atoms with E-state index in [0.717, 1.165) is 12.0 Å². The van der Waals surface area contributed by atoms with Crippen LogP contribution in [-0.2, 0) is 0 Å². The summed E-state index contributed by atoms with van der Waals surface area (Å²) in [5.41, 5.74) is 1.35. The molecule has 0 spiro atoms. The van der Waals surface area contributed by atoms with Gasteiger partial charge in [0, 0.05) is 12.6 Å². The SMILES string of the molecule is C(=C\c1cccc2ccccc12)/CC1CCCCN1CC1CC1. The molecule has 1 atom stereocenters. The van der Waals surface area contributed by atoms with Gasteiger partial charge in [-0.05, 0) is 60.9 Å². The van der Waals surface area contributed by atoms with Gasteiger partial charge in [-0.1, -0.05) is 61.0 Å². The Kier molecular flexibility index (Phi) is 4.48. The van der Waals surface area contributed by atoms with Crippen LogP contribution >= 0.6 is 0 Å². The van der Waals surface area contributed by atoms with Gasteiger partial charge >= 0.3 is 0 Å². The maximum atomic E-state index is 2.77. The molecule has 0 bridgehead atoms. The zero-order valence-corrected chi connectivity index (χ0v) is 14.0. The summed E-state index contributed by atoms with van der Waals surface area (Å²) in [6.45, 7) is 2.68. The van der Waals surface area contributed by atoms with Crippen molar-refractivity contribution in [2.45, 2.75) is 44.6 Å². The van der Waals surface area contributed by atoms with Gasteiger partial charge in [0.2, 0.25) is 0 Å². The van der Waals surface area contributed by atoms with E-state index in [2.05, 4.69) is 59.5 Å². The molecular weight excluding hydrogens is 278 g/mol. The van der Waals surface area contributed by atoms with E-state index in [1.807, 2.05) is 0 Å². The van der Waals surface area contributed by atoms with Crippen molar-refractivity contribution in [2.24, 2.45) is 5.92 Å². The number of hydrogen-bond acceptors (Lipinski definition) is 1. The highest BCUT2D eigenvalue weighted by atomic mass is 15.2. The standard InChI is InChI=1S/C22H27N/c1-2-13-22-19(7-1)8-5-9-20(22)10-6-12-21-11-3-4-16-23(21)17-18-14-15-18/h1-2,5-10,13,18,21H,3-4,11-12,14-17H2/b10-6+. The summed E-state index contributed by atoms with van der Waals surface area (Å²) in [6, 6.07) is 16.1. The van der Waals surface area contributed by atoms with Gasteiger partial charge in [-0.25, -0.2) is 0 Å². The van der Waals surface area contributed by atoms with Crippen molar-refractivity contribution in [1.82, 2.24) is 4.90 Å². The van der Waals surface area contributed by atoms with E-state index >= 15 is 0 Å². The molecule has 1 nitrogen and oxygen atoms in total. The second-order valence-electron chi connectivity index (χ2n) is 7.29. The number of hydrogen-bond donors (Lipinski definition) is 0. The predicted molar refractivity (Wildman–Crippen MR) is 99.5 cm³/mol. The van der Waals surface area contributed by atoms with Crippen LogP contribution in [0.15, 0.2) is 48.5 Å². The van der Waals surface area contributed by atoms with Crippen LogP contribution in [-0.4, -0.2) is 24.0 Å². The van der Waals surface area contributed by atoms with Crippen LogP contribution in [0.4, 0.5) is 0 Å². The Morgan fingerprint density at radius 2 is 1.83 bits per heavy atom. The summed E-state index contributed by atoms with van der Waals surface area (Å²) in [4.78, 5) is 2.77. The van der Waals surface area contributed by atoms with Gasteiger partial charge in [0.05, 0.1) is 0 Å². The Hall–Kier alpha value is -1.60. The molecule has 2 fully saturated rings. The molecule has 1 saturated carbocycles. The first-order chi connectivity index (χ1) is 11.4. The fourth-order valence-electron chi connectivity index (χ4n) is 3.95. The van der Waals surface area contributed by atoms with E-state index < -0.39 is 0 Å². The van der Waals surface area contributed by atoms with E-state index in [1.54, 1.807) is 0 Å². The second kappa shape index (κ2) is 6.88. The van der Waals surface area contributed by atoms with Crippen LogP contribution < -0.4 is 0 Å². The number of nitrogens with zero attached hydrogens (tertiary/aromatic N) is 1. The molecule has 1 heterocycles. The van der Waals surface area contributed by atoms with E-state index in [1.165, 1.54) is 68.0 Å². The first-order valence-electron chi connectivity index (χ1n) is 9.28. The minimum Gasteiger partial charge on any atom is -0.300 e. The third-order valence-electron chi connectivity index (χ3n) is 5.47. The molecule has 2 aromatic carbocycles. The molecule has 1 aliphatic carbocycles. The fraction of sp³-hybridized carbons (Fsp3) is 0.455. The molecule has 23 heavy (non-hydrogen) atoms. The van der Waals surface area contributed by atoms with Crippen molar-refractivity contribution in [1.29, 1.82) is 0 Å². The van der Waals surface area contributed by atoms with Gasteiger partial charge < -0.3 is 0 Å². The third kappa shape index (κ3) is 3.67.